The molecule has 1 aliphatic rings. The monoisotopic (exact) mass is 537 g/mol. The number of aliphatic imine (C=N–C) groups is 1. The summed E-state index contributed by atoms with van der Waals surface area (Å²) in [5, 5.41) is 2.72. The molecule has 1 aliphatic heterocycles. The molecule has 0 saturated carbocycles. The van der Waals surface area contributed by atoms with E-state index < -0.39 is 11.2 Å². The molecule has 1 fully saturated rings. The third-order valence-corrected chi connectivity index (χ3v) is 6.28. The van der Waals surface area contributed by atoms with E-state index in [1.165, 1.54) is 18.9 Å². The molecule has 0 radical (unpaired) electrons. The van der Waals surface area contributed by atoms with Gasteiger partial charge in [-0.3, -0.25) is 14.5 Å². The van der Waals surface area contributed by atoms with Gasteiger partial charge in [-0.2, -0.15) is 0 Å². The summed E-state index contributed by atoms with van der Waals surface area (Å²) >= 11 is 3.49. The van der Waals surface area contributed by atoms with E-state index in [0.717, 1.165) is 9.26 Å². The van der Waals surface area contributed by atoms with Crippen molar-refractivity contribution in [3.05, 3.63) is 57.7 Å². The van der Waals surface area contributed by atoms with Crippen LogP contribution in [0, 0.1) is 3.57 Å². The highest BCUT2D eigenvalue weighted by atomic mass is 127. The van der Waals surface area contributed by atoms with Crippen molar-refractivity contribution in [3.63, 3.8) is 0 Å². The molecule has 3 rings (SSSR count). The quantitative estimate of drug-likeness (QED) is 0.460. The van der Waals surface area contributed by atoms with Crippen LogP contribution in [0.25, 0.3) is 0 Å². The maximum atomic E-state index is 12.8. The van der Waals surface area contributed by atoms with Gasteiger partial charge in [0.05, 0.1) is 18.4 Å². The number of rotatable bonds is 5. The molecule has 0 aliphatic carbocycles. The van der Waals surface area contributed by atoms with Crippen molar-refractivity contribution >= 4 is 68.7 Å². The number of carbonyl (C=O) groups excluding carboxylic acids is 3. The Kier molecular flexibility index (Phi) is 7.48. The fraction of sp³-hybridized carbons (Fsp3) is 0.238. The van der Waals surface area contributed by atoms with E-state index in [0.29, 0.717) is 23.0 Å². The molecule has 0 spiro atoms. The van der Waals surface area contributed by atoms with Gasteiger partial charge in [-0.15, -0.1) is 0 Å². The van der Waals surface area contributed by atoms with Crippen LogP contribution in [0.1, 0.15) is 23.7 Å². The molecule has 2 amide bonds. The number of amides is 2. The van der Waals surface area contributed by atoms with E-state index in [2.05, 4.69) is 37.6 Å². The number of benzene rings is 2. The van der Waals surface area contributed by atoms with Crippen molar-refractivity contribution in [2.45, 2.75) is 18.6 Å². The summed E-state index contributed by atoms with van der Waals surface area (Å²) in [6, 6.07) is 14.0. The van der Waals surface area contributed by atoms with Gasteiger partial charge >= 0.3 is 5.97 Å². The summed E-state index contributed by atoms with van der Waals surface area (Å²) in [4.78, 5) is 43.1. The van der Waals surface area contributed by atoms with Crippen LogP contribution in [-0.4, -0.2) is 46.8 Å². The van der Waals surface area contributed by atoms with Crippen LogP contribution in [0.15, 0.2) is 53.5 Å². The molecule has 0 aromatic heterocycles. The van der Waals surface area contributed by atoms with Crippen molar-refractivity contribution in [3.8, 4) is 0 Å². The van der Waals surface area contributed by atoms with E-state index >= 15 is 0 Å². The number of hydrogen-bond donors (Lipinski definition) is 1. The zero-order valence-corrected chi connectivity index (χ0v) is 19.4. The van der Waals surface area contributed by atoms with Crippen molar-refractivity contribution in [1.82, 2.24) is 4.90 Å². The molecule has 1 atom stereocenters. The maximum Gasteiger partial charge on any atom is 0.337 e. The average Bonchev–Trinajstić information content (AvgIpc) is 2.75. The summed E-state index contributed by atoms with van der Waals surface area (Å²) in [6.45, 7) is 2.36. The molecule has 0 bridgehead atoms. The molecular weight excluding hydrogens is 517 g/mol. The lowest BCUT2D eigenvalue weighted by molar-refractivity contribution is -0.129. The Morgan fingerprint density at radius 2 is 1.87 bits per heavy atom. The first kappa shape index (κ1) is 22.3. The number of nitrogens with zero attached hydrogens (tertiary/aromatic N) is 2. The Hall–Kier alpha value is -2.40. The lowest BCUT2D eigenvalue weighted by atomic mass is 10.2. The standard InChI is InChI=1S/C21H20IN3O4S/c1-3-25-18(26)12-17(30-21(25)24-16-10-6-14(22)7-11-16)19(27)23-15-8-4-13(5-9-15)20(28)29-2/h4-11,17H,3,12H2,1-2H3,(H,23,27). The minimum Gasteiger partial charge on any atom is -0.465 e. The number of thioether (sulfide) groups is 1. The van der Waals surface area contributed by atoms with Gasteiger partial charge in [0.25, 0.3) is 0 Å². The predicted molar refractivity (Wildman–Crippen MR) is 126 cm³/mol. The molecule has 7 nitrogen and oxygen atoms in total. The van der Waals surface area contributed by atoms with E-state index in [1.54, 1.807) is 29.2 Å². The molecule has 1 N–H and O–H groups in total. The molecule has 1 heterocycles. The van der Waals surface area contributed by atoms with Crippen LogP contribution in [0.2, 0.25) is 0 Å². The van der Waals surface area contributed by atoms with Crippen LogP contribution in [0.4, 0.5) is 11.4 Å². The third-order valence-electron chi connectivity index (χ3n) is 4.37. The number of amidine groups is 1. The number of halogens is 1. The smallest absolute Gasteiger partial charge is 0.337 e. The Bertz CT molecular complexity index is 977. The summed E-state index contributed by atoms with van der Waals surface area (Å²) in [6.07, 6.45) is 0.0935. The minimum absolute atomic E-state index is 0.0935. The molecule has 156 valence electrons. The van der Waals surface area contributed by atoms with Crippen molar-refractivity contribution in [1.29, 1.82) is 0 Å². The molecule has 1 saturated heterocycles. The number of hydrogen-bond acceptors (Lipinski definition) is 6. The lowest BCUT2D eigenvalue weighted by Gasteiger charge is -2.30. The Labute approximate surface area is 192 Å². The second-order valence-corrected chi connectivity index (χ2v) is 8.79. The van der Waals surface area contributed by atoms with E-state index in [4.69, 9.17) is 0 Å². The second-order valence-electron chi connectivity index (χ2n) is 6.38. The van der Waals surface area contributed by atoms with Crippen LogP contribution >= 0.6 is 34.4 Å². The van der Waals surface area contributed by atoms with Crippen LogP contribution in [0.3, 0.4) is 0 Å². The number of ether oxygens (including phenoxy) is 1. The third kappa shape index (κ3) is 5.39. The van der Waals surface area contributed by atoms with Crippen LogP contribution < -0.4 is 5.32 Å². The Morgan fingerprint density at radius 1 is 1.20 bits per heavy atom. The van der Waals surface area contributed by atoms with Gasteiger partial charge in [0, 0.05) is 22.2 Å². The number of anilines is 1. The molecule has 1 unspecified atom stereocenters. The Morgan fingerprint density at radius 3 is 2.47 bits per heavy atom. The molecule has 9 heteroatoms. The molecule has 2 aromatic rings. The van der Waals surface area contributed by atoms with Gasteiger partial charge in [-0.25, -0.2) is 9.79 Å². The topological polar surface area (TPSA) is 88.1 Å². The highest BCUT2D eigenvalue weighted by molar-refractivity contribution is 14.1. The van der Waals surface area contributed by atoms with E-state index in [1.807, 2.05) is 31.2 Å². The molecular formula is C21H20IN3O4S. The first-order valence-corrected chi connectivity index (χ1v) is 11.2. The van der Waals surface area contributed by atoms with E-state index in [-0.39, 0.29) is 18.2 Å². The van der Waals surface area contributed by atoms with Gasteiger partial charge in [-0.05, 0) is 78.0 Å². The van der Waals surface area contributed by atoms with Gasteiger partial charge in [0.1, 0.15) is 5.25 Å². The maximum absolute atomic E-state index is 12.8. The van der Waals surface area contributed by atoms with Crippen molar-refractivity contribution in [2.24, 2.45) is 4.99 Å². The summed E-state index contributed by atoms with van der Waals surface area (Å²) in [7, 11) is 1.31. The highest BCUT2D eigenvalue weighted by Crippen LogP contribution is 2.30. The molecule has 2 aromatic carbocycles. The van der Waals surface area contributed by atoms with Gasteiger partial charge in [-0.1, -0.05) is 11.8 Å². The van der Waals surface area contributed by atoms with Crippen molar-refractivity contribution < 1.29 is 19.1 Å². The second kappa shape index (κ2) is 10.1. The Balaban J connectivity index is 1.75. The predicted octanol–water partition coefficient (Wildman–Crippen LogP) is 4.06. The fourth-order valence-corrected chi connectivity index (χ4v) is 4.33. The van der Waals surface area contributed by atoms with Gasteiger partial charge in [0.2, 0.25) is 11.8 Å². The van der Waals surface area contributed by atoms with Crippen LogP contribution in [0.5, 0.6) is 0 Å². The van der Waals surface area contributed by atoms with Gasteiger partial charge < -0.3 is 10.1 Å². The summed E-state index contributed by atoms with van der Waals surface area (Å²) in [5.41, 5.74) is 1.65. The summed E-state index contributed by atoms with van der Waals surface area (Å²) < 4.78 is 5.76. The number of esters is 1. The first-order chi connectivity index (χ1) is 14.4. The van der Waals surface area contributed by atoms with E-state index in [9.17, 15) is 14.4 Å². The zero-order chi connectivity index (χ0) is 21.7. The zero-order valence-electron chi connectivity index (χ0n) is 16.4. The number of methoxy groups -OCH3 is 1. The number of carbonyl (C=O) groups is 3. The summed E-state index contributed by atoms with van der Waals surface area (Å²) in [5.74, 6) is -0.871. The minimum atomic E-state index is -0.594. The normalized spacial score (nSPS) is 17.7. The lowest BCUT2D eigenvalue weighted by Crippen LogP contribution is -2.45. The first-order valence-electron chi connectivity index (χ1n) is 9.21. The fourth-order valence-electron chi connectivity index (χ4n) is 2.81. The number of nitrogens with one attached hydrogen (secondary N) is 1. The average molecular weight is 537 g/mol. The van der Waals surface area contributed by atoms with Gasteiger partial charge in [0.15, 0.2) is 5.17 Å². The van der Waals surface area contributed by atoms with Crippen LogP contribution in [-0.2, 0) is 14.3 Å². The molecule has 30 heavy (non-hydrogen) atoms. The SMILES string of the molecule is CCN1C(=O)CC(C(=O)Nc2ccc(C(=O)OC)cc2)SC1=Nc1ccc(I)cc1. The highest BCUT2D eigenvalue weighted by Gasteiger charge is 2.35. The van der Waals surface area contributed by atoms with Crippen molar-refractivity contribution in [2.75, 3.05) is 19.0 Å². The largest absolute Gasteiger partial charge is 0.465 e.